The number of nitrogens with zero attached hydrogens (tertiary/aromatic N) is 1. The third kappa shape index (κ3) is 4.06. The van der Waals surface area contributed by atoms with Gasteiger partial charge in [0.05, 0.1) is 0 Å². The molecule has 1 aromatic rings. The molecule has 1 aliphatic carbocycles. The number of hydrogen-bond donors (Lipinski definition) is 1. The van der Waals surface area contributed by atoms with E-state index < -0.39 is 0 Å². The zero-order valence-electron chi connectivity index (χ0n) is 11.9. The Morgan fingerprint density at radius 1 is 1.30 bits per heavy atom. The molecule has 2 amide bonds. The lowest BCUT2D eigenvalue weighted by atomic mass is 10.1. The van der Waals surface area contributed by atoms with Crippen LogP contribution in [0.2, 0.25) is 0 Å². The summed E-state index contributed by atoms with van der Waals surface area (Å²) in [6.45, 7) is 0.588. The van der Waals surface area contributed by atoms with Crippen LogP contribution in [0, 0.1) is 0 Å². The predicted molar refractivity (Wildman–Crippen MR) is 75.3 cm³/mol. The van der Waals surface area contributed by atoms with Crippen LogP contribution in [-0.2, 0) is 16.1 Å². The van der Waals surface area contributed by atoms with Gasteiger partial charge in [0.15, 0.2) is 0 Å². The van der Waals surface area contributed by atoms with E-state index in [-0.39, 0.29) is 18.4 Å². The van der Waals surface area contributed by atoms with E-state index >= 15 is 0 Å². The van der Waals surface area contributed by atoms with E-state index in [1.54, 1.807) is 24.1 Å². The summed E-state index contributed by atoms with van der Waals surface area (Å²) < 4.78 is 4.81. The van der Waals surface area contributed by atoms with Crippen LogP contribution in [0.5, 0.6) is 0 Å². The van der Waals surface area contributed by atoms with Gasteiger partial charge < -0.3 is 15.0 Å². The van der Waals surface area contributed by atoms with Gasteiger partial charge in [0, 0.05) is 32.3 Å². The van der Waals surface area contributed by atoms with Crippen molar-refractivity contribution >= 4 is 11.8 Å². The van der Waals surface area contributed by atoms with Gasteiger partial charge in [-0.15, -0.1) is 0 Å². The topological polar surface area (TPSA) is 58.6 Å². The summed E-state index contributed by atoms with van der Waals surface area (Å²) in [5.41, 5.74) is 1.64. The normalized spacial score (nSPS) is 13.9. The Bertz CT molecular complexity index is 480. The van der Waals surface area contributed by atoms with Crippen molar-refractivity contribution in [3.63, 3.8) is 0 Å². The van der Waals surface area contributed by atoms with E-state index in [9.17, 15) is 9.59 Å². The number of likely N-dealkylation sites (N-methyl/N-ethyl adjacent to an activating group) is 1. The minimum atomic E-state index is -0.0666. The molecule has 0 unspecified atom stereocenters. The largest absolute Gasteiger partial charge is 0.375 e. The fourth-order valence-electron chi connectivity index (χ4n) is 1.85. The Labute approximate surface area is 118 Å². The molecule has 0 saturated heterocycles. The first-order valence-corrected chi connectivity index (χ1v) is 6.73. The van der Waals surface area contributed by atoms with Crippen molar-refractivity contribution in [2.45, 2.75) is 25.4 Å². The molecular weight excluding hydrogens is 256 g/mol. The van der Waals surface area contributed by atoms with Crippen LogP contribution in [-0.4, -0.2) is 43.5 Å². The molecule has 1 aliphatic rings. The van der Waals surface area contributed by atoms with Crippen molar-refractivity contribution in [2.75, 3.05) is 20.8 Å². The first kappa shape index (κ1) is 14.5. The minimum absolute atomic E-state index is 0.0251. The van der Waals surface area contributed by atoms with Gasteiger partial charge in [0.25, 0.3) is 5.91 Å². The van der Waals surface area contributed by atoms with Crippen molar-refractivity contribution in [3.05, 3.63) is 35.4 Å². The standard InChI is InChI=1S/C15H20N2O3/c1-17(14(18)10-20-2)9-11-3-5-12(6-4-11)15(19)16-13-7-8-13/h3-6,13H,7-10H2,1-2H3,(H,16,19). The van der Waals surface area contributed by atoms with Gasteiger partial charge in [-0.25, -0.2) is 0 Å². The maximum Gasteiger partial charge on any atom is 0.251 e. The number of methoxy groups -OCH3 is 1. The van der Waals surface area contributed by atoms with Crippen molar-refractivity contribution in [2.24, 2.45) is 0 Å². The van der Waals surface area contributed by atoms with Crippen LogP contribution in [0.4, 0.5) is 0 Å². The van der Waals surface area contributed by atoms with E-state index in [1.165, 1.54) is 7.11 Å². The van der Waals surface area contributed by atoms with E-state index in [1.807, 2.05) is 12.1 Å². The highest BCUT2D eigenvalue weighted by Gasteiger charge is 2.23. The fourth-order valence-corrected chi connectivity index (χ4v) is 1.85. The van der Waals surface area contributed by atoms with Gasteiger partial charge in [-0.3, -0.25) is 9.59 Å². The lowest BCUT2D eigenvalue weighted by Gasteiger charge is -2.16. The molecule has 2 rings (SSSR count). The molecule has 5 heteroatoms. The highest BCUT2D eigenvalue weighted by atomic mass is 16.5. The smallest absolute Gasteiger partial charge is 0.251 e. The van der Waals surface area contributed by atoms with Crippen LogP contribution < -0.4 is 5.32 Å². The van der Waals surface area contributed by atoms with Gasteiger partial charge in [-0.2, -0.15) is 0 Å². The van der Waals surface area contributed by atoms with Crippen molar-refractivity contribution in [1.82, 2.24) is 10.2 Å². The summed E-state index contributed by atoms with van der Waals surface area (Å²) in [5, 5.41) is 2.95. The molecule has 0 spiro atoms. The van der Waals surface area contributed by atoms with Gasteiger partial charge in [0.2, 0.25) is 5.91 Å². The van der Waals surface area contributed by atoms with Crippen molar-refractivity contribution < 1.29 is 14.3 Å². The molecule has 108 valence electrons. The van der Waals surface area contributed by atoms with E-state index in [2.05, 4.69) is 5.32 Å². The molecule has 1 aromatic carbocycles. The number of carbonyl (C=O) groups is 2. The number of amides is 2. The summed E-state index contributed by atoms with van der Waals surface area (Å²) in [6.07, 6.45) is 2.16. The zero-order valence-corrected chi connectivity index (χ0v) is 11.9. The van der Waals surface area contributed by atoms with Gasteiger partial charge in [-0.1, -0.05) is 12.1 Å². The number of rotatable bonds is 6. The molecule has 20 heavy (non-hydrogen) atoms. The average molecular weight is 276 g/mol. The Kier molecular flexibility index (Phi) is 4.74. The molecule has 0 atom stereocenters. The monoisotopic (exact) mass is 276 g/mol. The SMILES string of the molecule is COCC(=O)N(C)Cc1ccc(C(=O)NC2CC2)cc1. The number of carbonyl (C=O) groups excluding carboxylic acids is 2. The van der Waals surface area contributed by atoms with Crippen LogP contribution in [0.3, 0.4) is 0 Å². The lowest BCUT2D eigenvalue weighted by Crippen LogP contribution is -2.29. The van der Waals surface area contributed by atoms with E-state index in [0.717, 1.165) is 18.4 Å². The summed E-state index contributed by atoms with van der Waals surface area (Å²) in [7, 11) is 3.23. The Hall–Kier alpha value is -1.88. The summed E-state index contributed by atoms with van der Waals surface area (Å²) in [6, 6.07) is 7.69. The predicted octanol–water partition coefficient (Wildman–Crippen LogP) is 1.18. The second-order valence-corrected chi connectivity index (χ2v) is 5.13. The highest BCUT2D eigenvalue weighted by molar-refractivity contribution is 5.94. The summed E-state index contributed by atoms with van der Waals surface area (Å²) in [4.78, 5) is 25.0. The average Bonchev–Trinajstić information content (AvgIpc) is 3.23. The Morgan fingerprint density at radius 2 is 1.95 bits per heavy atom. The third-order valence-electron chi connectivity index (χ3n) is 3.24. The maximum atomic E-state index is 11.8. The molecule has 1 saturated carbocycles. The lowest BCUT2D eigenvalue weighted by molar-refractivity contribution is -0.134. The van der Waals surface area contributed by atoms with Gasteiger partial charge in [0.1, 0.15) is 6.61 Å². The fraction of sp³-hybridized carbons (Fsp3) is 0.467. The van der Waals surface area contributed by atoms with E-state index in [0.29, 0.717) is 18.2 Å². The molecule has 1 fully saturated rings. The molecule has 0 bridgehead atoms. The number of benzene rings is 1. The molecule has 0 heterocycles. The summed E-state index contributed by atoms with van der Waals surface area (Å²) >= 11 is 0. The minimum Gasteiger partial charge on any atom is -0.375 e. The van der Waals surface area contributed by atoms with Crippen molar-refractivity contribution in [3.8, 4) is 0 Å². The second kappa shape index (κ2) is 6.52. The number of ether oxygens (including phenoxy) is 1. The molecule has 0 aliphatic heterocycles. The first-order chi connectivity index (χ1) is 9.60. The zero-order chi connectivity index (χ0) is 14.5. The third-order valence-corrected chi connectivity index (χ3v) is 3.24. The van der Waals surface area contributed by atoms with Crippen LogP contribution in [0.25, 0.3) is 0 Å². The molecule has 0 aromatic heterocycles. The number of nitrogens with one attached hydrogen (secondary N) is 1. The Balaban J connectivity index is 1.90. The molecule has 0 radical (unpaired) electrons. The first-order valence-electron chi connectivity index (χ1n) is 6.73. The van der Waals surface area contributed by atoms with Crippen LogP contribution >= 0.6 is 0 Å². The second-order valence-electron chi connectivity index (χ2n) is 5.13. The van der Waals surface area contributed by atoms with Gasteiger partial charge in [-0.05, 0) is 30.5 Å². The van der Waals surface area contributed by atoms with Gasteiger partial charge >= 0.3 is 0 Å². The summed E-state index contributed by atoms with van der Waals surface area (Å²) in [5.74, 6) is -0.0917. The van der Waals surface area contributed by atoms with Crippen molar-refractivity contribution in [1.29, 1.82) is 0 Å². The highest BCUT2D eigenvalue weighted by Crippen LogP contribution is 2.19. The number of hydrogen-bond acceptors (Lipinski definition) is 3. The quantitative estimate of drug-likeness (QED) is 0.849. The molecule has 5 nitrogen and oxygen atoms in total. The van der Waals surface area contributed by atoms with Crippen LogP contribution in [0.15, 0.2) is 24.3 Å². The molecule has 1 N–H and O–H groups in total. The Morgan fingerprint density at radius 3 is 2.50 bits per heavy atom. The maximum absolute atomic E-state index is 11.8. The van der Waals surface area contributed by atoms with E-state index in [4.69, 9.17) is 4.74 Å². The molecular formula is C15H20N2O3. The van der Waals surface area contributed by atoms with Crippen LogP contribution in [0.1, 0.15) is 28.8 Å².